The molecule has 7 heteroatoms. The molecule has 0 amide bonds. The first-order valence-electron chi connectivity index (χ1n) is 11.2. The Morgan fingerprint density at radius 2 is 1.70 bits per heavy atom. The van der Waals surface area contributed by atoms with Crippen molar-refractivity contribution in [2.75, 3.05) is 0 Å². The minimum Gasteiger partial charge on any atom is -0.339 e. The fourth-order valence-corrected chi connectivity index (χ4v) is 5.65. The van der Waals surface area contributed by atoms with Gasteiger partial charge in [-0.05, 0) is 47.2 Å². The second-order valence-corrected chi connectivity index (χ2v) is 12.7. The number of fused-ring (bicyclic) bond motifs is 1. The van der Waals surface area contributed by atoms with E-state index in [4.69, 9.17) is 11.6 Å². The monoisotopic (exact) mass is 481 g/mol. The quantitative estimate of drug-likeness (QED) is 0.291. The van der Waals surface area contributed by atoms with Gasteiger partial charge in [0.2, 0.25) is 0 Å². The van der Waals surface area contributed by atoms with Crippen molar-refractivity contribution in [1.29, 1.82) is 0 Å². The van der Waals surface area contributed by atoms with Gasteiger partial charge in [-0.25, -0.2) is 4.68 Å². The molecule has 0 N–H and O–H groups in total. The van der Waals surface area contributed by atoms with E-state index in [9.17, 15) is 0 Å². The number of aromatic nitrogens is 5. The van der Waals surface area contributed by atoms with E-state index in [2.05, 4.69) is 92.0 Å². The number of benzene rings is 2. The van der Waals surface area contributed by atoms with E-state index < -0.39 is 0 Å². The number of halogens is 1. The molecule has 0 atom stereocenters. The van der Waals surface area contributed by atoms with Gasteiger partial charge in [0.05, 0.1) is 0 Å². The lowest BCUT2D eigenvalue weighted by Gasteiger charge is -2.26. The summed E-state index contributed by atoms with van der Waals surface area (Å²) in [5.41, 5.74) is 4.82. The van der Waals surface area contributed by atoms with Gasteiger partial charge in [-0.3, -0.25) is 0 Å². The third kappa shape index (κ3) is 5.12. The van der Waals surface area contributed by atoms with Crippen molar-refractivity contribution >= 4 is 34.3 Å². The van der Waals surface area contributed by atoms with Crippen molar-refractivity contribution in [3.05, 3.63) is 70.1 Å². The topological polar surface area (TPSA) is 48.5 Å². The molecule has 0 aliphatic carbocycles. The number of tetrazole rings is 1. The Bertz CT molecular complexity index is 1280. The van der Waals surface area contributed by atoms with Crippen LogP contribution >= 0.6 is 23.4 Å². The van der Waals surface area contributed by atoms with Crippen molar-refractivity contribution in [3.63, 3.8) is 0 Å². The normalized spacial score (nSPS) is 12.6. The van der Waals surface area contributed by atoms with Crippen LogP contribution in [0.25, 0.3) is 10.9 Å². The van der Waals surface area contributed by atoms with Crippen molar-refractivity contribution in [2.45, 2.75) is 69.6 Å². The number of thioether (sulfide) groups is 1. The largest absolute Gasteiger partial charge is 0.339 e. The van der Waals surface area contributed by atoms with Crippen molar-refractivity contribution in [2.24, 2.45) is 7.05 Å². The average Bonchev–Trinajstić information content (AvgIpc) is 3.26. The summed E-state index contributed by atoms with van der Waals surface area (Å²) in [7, 11) is 1.91. The van der Waals surface area contributed by atoms with Gasteiger partial charge >= 0.3 is 0 Å². The molecular formula is C26H32ClN5S. The van der Waals surface area contributed by atoms with E-state index in [1.54, 1.807) is 4.68 Å². The van der Waals surface area contributed by atoms with Gasteiger partial charge < -0.3 is 4.57 Å². The number of hydrogen-bond donors (Lipinski definition) is 0. The highest BCUT2D eigenvalue weighted by Crippen LogP contribution is 2.43. The van der Waals surface area contributed by atoms with E-state index in [0.29, 0.717) is 0 Å². The fraction of sp³-hybridized carbons (Fsp3) is 0.423. The number of nitrogens with zero attached hydrogens (tertiary/aromatic N) is 5. The maximum Gasteiger partial charge on any atom is 0.156 e. The molecule has 0 bridgehead atoms. The van der Waals surface area contributed by atoms with Crippen LogP contribution in [0, 0.1) is 6.92 Å². The van der Waals surface area contributed by atoms with Crippen LogP contribution in [0.15, 0.2) is 47.4 Å². The second kappa shape index (κ2) is 8.80. The van der Waals surface area contributed by atoms with E-state index in [1.807, 2.05) is 30.9 Å². The van der Waals surface area contributed by atoms with Gasteiger partial charge in [0.1, 0.15) is 0 Å². The highest BCUT2D eigenvalue weighted by Gasteiger charge is 2.32. The summed E-state index contributed by atoms with van der Waals surface area (Å²) >= 11 is 8.10. The summed E-state index contributed by atoms with van der Waals surface area (Å²) in [6, 6.07) is 14.9. The fourth-order valence-electron chi connectivity index (χ4n) is 4.34. The predicted molar refractivity (Wildman–Crippen MR) is 138 cm³/mol. The molecule has 0 fully saturated rings. The lowest BCUT2D eigenvalue weighted by molar-refractivity contribution is 0.444. The molecule has 2 aromatic carbocycles. The molecule has 0 spiro atoms. The standard InChI is InChI=1S/C26H32ClN5S/c1-17-8-13-21-20(14-17)23(33-25(2,3)4)22(15-26(5,6)24-28-29-30-31(24)7)32(21)16-18-9-11-19(27)12-10-18/h8-14H,15-16H2,1-7H3. The van der Waals surface area contributed by atoms with Gasteiger partial charge in [0.25, 0.3) is 0 Å². The molecule has 0 saturated heterocycles. The third-order valence-corrected chi connectivity index (χ3v) is 7.30. The Morgan fingerprint density at radius 3 is 2.30 bits per heavy atom. The number of hydrogen-bond acceptors (Lipinski definition) is 4. The molecule has 0 unspecified atom stereocenters. The van der Waals surface area contributed by atoms with Crippen LogP contribution in [-0.4, -0.2) is 29.5 Å². The number of rotatable bonds is 6. The van der Waals surface area contributed by atoms with Crippen molar-refractivity contribution in [3.8, 4) is 0 Å². The van der Waals surface area contributed by atoms with Crippen LogP contribution in [0.2, 0.25) is 5.02 Å². The molecule has 4 rings (SSSR count). The predicted octanol–water partition coefficient (Wildman–Crippen LogP) is 6.59. The van der Waals surface area contributed by atoms with Crippen LogP contribution in [0.5, 0.6) is 0 Å². The zero-order chi connectivity index (χ0) is 24.0. The molecule has 5 nitrogen and oxygen atoms in total. The molecule has 33 heavy (non-hydrogen) atoms. The Kier molecular flexibility index (Phi) is 6.36. The summed E-state index contributed by atoms with van der Waals surface area (Å²) < 4.78 is 4.33. The molecule has 0 aliphatic rings. The Balaban J connectivity index is 1.93. The lowest BCUT2D eigenvalue weighted by Crippen LogP contribution is -2.27. The smallest absolute Gasteiger partial charge is 0.156 e. The van der Waals surface area contributed by atoms with Crippen LogP contribution in [0.1, 0.15) is 57.3 Å². The Hall–Kier alpha value is -2.31. The van der Waals surface area contributed by atoms with E-state index in [1.165, 1.54) is 32.6 Å². The zero-order valence-electron chi connectivity index (χ0n) is 20.5. The summed E-state index contributed by atoms with van der Waals surface area (Å²) in [5.74, 6) is 0.883. The van der Waals surface area contributed by atoms with E-state index in [0.717, 1.165) is 23.8 Å². The Morgan fingerprint density at radius 1 is 1.00 bits per heavy atom. The van der Waals surface area contributed by atoms with Gasteiger partial charge in [-0.2, -0.15) is 0 Å². The average molecular weight is 482 g/mol. The molecule has 0 aliphatic heterocycles. The van der Waals surface area contributed by atoms with Crippen LogP contribution in [-0.2, 0) is 25.4 Å². The summed E-state index contributed by atoms with van der Waals surface area (Å²) in [4.78, 5) is 1.35. The maximum atomic E-state index is 6.16. The molecule has 4 aromatic rings. The van der Waals surface area contributed by atoms with Crippen molar-refractivity contribution in [1.82, 2.24) is 24.8 Å². The minimum absolute atomic E-state index is 0.0777. The molecule has 0 saturated carbocycles. The van der Waals surface area contributed by atoms with Gasteiger partial charge in [-0.15, -0.1) is 16.9 Å². The maximum absolute atomic E-state index is 6.16. The van der Waals surface area contributed by atoms with Crippen LogP contribution in [0.3, 0.4) is 0 Å². The second-order valence-electron chi connectivity index (χ2n) is 10.4. The van der Waals surface area contributed by atoms with Gasteiger partial charge in [0, 0.05) is 56.7 Å². The highest BCUT2D eigenvalue weighted by atomic mass is 35.5. The van der Waals surface area contributed by atoms with E-state index in [-0.39, 0.29) is 10.2 Å². The first-order chi connectivity index (χ1) is 15.4. The molecular weight excluding hydrogens is 450 g/mol. The summed E-state index contributed by atoms with van der Waals surface area (Å²) in [6.07, 6.45) is 0.820. The molecule has 2 aromatic heterocycles. The first kappa shape index (κ1) is 23.8. The summed E-state index contributed by atoms with van der Waals surface area (Å²) in [6.45, 7) is 14.2. The third-order valence-electron chi connectivity index (χ3n) is 5.77. The molecule has 2 heterocycles. The van der Waals surface area contributed by atoms with Crippen LogP contribution in [0.4, 0.5) is 0 Å². The van der Waals surface area contributed by atoms with Gasteiger partial charge in [-0.1, -0.05) is 70.0 Å². The summed E-state index contributed by atoms with van der Waals surface area (Å²) in [5, 5.41) is 14.4. The SMILES string of the molecule is Cc1ccc2c(c1)c(SC(C)(C)C)c(CC(C)(C)c1nnnn1C)n2Cc1ccc(Cl)cc1. The van der Waals surface area contributed by atoms with Crippen molar-refractivity contribution < 1.29 is 0 Å². The number of aryl methyl sites for hydroxylation is 2. The first-order valence-corrected chi connectivity index (χ1v) is 12.4. The highest BCUT2D eigenvalue weighted by molar-refractivity contribution is 8.00. The van der Waals surface area contributed by atoms with E-state index >= 15 is 0 Å². The van der Waals surface area contributed by atoms with Crippen LogP contribution < -0.4 is 0 Å². The lowest BCUT2D eigenvalue weighted by atomic mass is 9.86. The van der Waals surface area contributed by atoms with Gasteiger partial charge in [0.15, 0.2) is 5.82 Å². The minimum atomic E-state index is -0.243. The molecule has 174 valence electrons. The Labute approximate surface area is 205 Å². The zero-order valence-corrected chi connectivity index (χ0v) is 22.1. The molecule has 0 radical (unpaired) electrons.